The van der Waals surface area contributed by atoms with E-state index in [0.29, 0.717) is 17.3 Å². The molecule has 0 bridgehead atoms. The summed E-state index contributed by atoms with van der Waals surface area (Å²) in [7, 11) is 0. The van der Waals surface area contributed by atoms with E-state index in [1.807, 2.05) is 46.8 Å². The molecular weight excluding hydrogens is 276 g/mol. The Balaban J connectivity index is 2.47. The lowest BCUT2D eigenvalue weighted by atomic mass is 9.98. The minimum atomic E-state index is -0.542. The van der Waals surface area contributed by atoms with Gasteiger partial charge in [-0.15, -0.1) is 0 Å². The molecule has 0 aliphatic carbocycles. The summed E-state index contributed by atoms with van der Waals surface area (Å²) in [5, 5.41) is 3.84. The van der Waals surface area contributed by atoms with E-state index in [9.17, 15) is 4.79 Å². The number of halogens is 1. The fourth-order valence-electron chi connectivity index (χ4n) is 2.22. The summed E-state index contributed by atoms with van der Waals surface area (Å²) < 4.78 is 5.53. The molecule has 0 saturated heterocycles. The molecule has 110 valence electrons. The number of anilines is 2. The second-order valence-corrected chi connectivity index (χ2v) is 7.02. The molecule has 1 heterocycles. The summed E-state index contributed by atoms with van der Waals surface area (Å²) in [5.74, 6) is 0. The molecule has 1 amide bonds. The number of benzene rings is 1. The Bertz CT molecular complexity index is 535. The Morgan fingerprint density at radius 3 is 2.65 bits per heavy atom. The topological polar surface area (TPSA) is 41.6 Å². The summed E-state index contributed by atoms with van der Waals surface area (Å²) >= 11 is 6.29. The maximum absolute atomic E-state index is 12.6. The van der Waals surface area contributed by atoms with E-state index in [1.54, 1.807) is 11.0 Å². The van der Waals surface area contributed by atoms with Gasteiger partial charge in [-0.05, 0) is 46.8 Å². The van der Waals surface area contributed by atoms with Gasteiger partial charge >= 0.3 is 6.09 Å². The van der Waals surface area contributed by atoms with Crippen molar-refractivity contribution in [1.82, 2.24) is 0 Å². The van der Waals surface area contributed by atoms with Crippen LogP contribution in [0, 0.1) is 0 Å². The summed E-state index contributed by atoms with van der Waals surface area (Å²) in [6.07, 6.45) is -0.377. The van der Waals surface area contributed by atoms with Gasteiger partial charge in [-0.3, -0.25) is 4.90 Å². The number of ether oxygens (including phenoxy) is 1. The molecule has 4 nitrogen and oxygen atoms in total. The molecule has 0 saturated carbocycles. The molecule has 0 spiro atoms. The number of carbonyl (C=O) groups excluding carboxylic acids is 1. The number of amides is 1. The molecule has 5 heteroatoms. The van der Waals surface area contributed by atoms with E-state index in [-0.39, 0.29) is 6.09 Å². The maximum atomic E-state index is 12.6. The lowest BCUT2D eigenvalue weighted by molar-refractivity contribution is 0.0546. The molecule has 0 fully saturated rings. The summed E-state index contributed by atoms with van der Waals surface area (Å²) in [6.45, 7) is 10.2. The zero-order valence-corrected chi connectivity index (χ0v) is 13.3. The van der Waals surface area contributed by atoms with Crippen LogP contribution in [-0.4, -0.2) is 23.8 Å². The Kier molecular flexibility index (Phi) is 3.63. The van der Waals surface area contributed by atoms with Crippen LogP contribution in [0.4, 0.5) is 16.2 Å². The van der Waals surface area contributed by atoms with Crippen molar-refractivity contribution in [2.45, 2.75) is 45.8 Å². The largest absolute Gasteiger partial charge is 0.443 e. The molecule has 1 aliphatic heterocycles. The molecular formula is C15H21ClN2O2. The monoisotopic (exact) mass is 296 g/mol. The third kappa shape index (κ3) is 2.85. The standard InChI is InChI=1S/C15H21ClN2O2/c1-14(2,3)20-13(19)18-12-10(16)7-6-8-11(12)17-9-15(18,4)5/h6-8,17H,9H2,1-5H3. The van der Waals surface area contributed by atoms with Crippen LogP contribution in [0.1, 0.15) is 34.6 Å². The van der Waals surface area contributed by atoms with Crippen LogP contribution in [0.5, 0.6) is 0 Å². The molecule has 2 rings (SSSR count). The number of fused-ring (bicyclic) bond motifs is 1. The van der Waals surface area contributed by atoms with E-state index in [2.05, 4.69) is 5.32 Å². The number of para-hydroxylation sites is 1. The highest BCUT2D eigenvalue weighted by Crippen LogP contribution is 2.41. The van der Waals surface area contributed by atoms with Gasteiger partial charge in [0.1, 0.15) is 5.60 Å². The number of rotatable bonds is 0. The van der Waals surface area contributed by atoms with Crippen LogP contribution in [0.25, 0.3) is 0 Å². The average molecular weight is 297 g/mol. The number of nitrogens with one attached hydrogen (secondary N) is 1. The van der Waals surface area contributed by atoms with Crippen molar-refractivity contribution in [3.8, 4) is 0 Å². The van der Waals surface area contributed by atoms with Gasteiger partial charge < -0.3 is 10.1 Å². The van der Waals surface area contributed by atoms with Crippen LogP contribution in [0.15, 0.2) is 18.2 Å². The van der Waals surface area contributed by atoms with Gasteiger partial charge in [-0.1, -0.05) is 17.7 Å². The number of hydrogen-bond acceptors (Lipinski definition) is 3. The first-order valence-corrected chi connectivity index (χ1v) is 7.05. The molecule has 0 radical (unpaired) electrons. The van der Waals surface area contributed by atoms with Gasteiger partial charge in [0.2, 0.25) is 0 Å². The maximum Gasteiger partial charge on any atom is 0.415 e. The number of carbonyl (C=O) groups is 1. The lowest BCUT2D eigenvalue weighted by Crippen LogP contribution is -2.56. The zero-order chi connectivity index (χ0) is 15.1. The quantitative estimate of drug-likeness (QED) is 0.776. The van der Waals surface area contributed by atoms with Crippen molar-refractivity contribution in [3.05, 3.63) is 23.2 Å². The van der Waals surface area contributed by atoms with E-state index in [1.165, 1.54) is 0 Å². The van der Waals surface area contributed by atoms with Crippen molar-refractivity contribution >= 4 is 29.1 Å². The van der Waals surface area contributed by atoms with Crippen molar-refractivity contribution in [1.29, 1.82) is 0 Å². The highest BCUT2D eigenvalue weighted by Gasteiger charge is 2.40. The first-order valence-electron chi connectivity index (χ1n) is 6.67. The fourth-order valence-corrected chi connectivity index (χ4v) is 2.48. The molecule has 1 N–H and O–H groups in total. The molecule has 0 unspecified atom stereocenters. The Morgan fingerprint density at radius 2 is 2.05 bits per heavy atom. The summed E-state index contributed by atoms with van der Waals surface area (Å²) in [6, 6.07) is 5.55. The molecule has 1 aliphatic rings. The zero-order valence-electron chi connectivity index (χ0n) is 12.6. The first kappa shape index (κ1) is 15.0. The fraction of sp³-hybridized carbons (Fsp3) is 0.533. The number of hydrogen-bond donors (Lipinski definition) is 1. The molecule has 20 heavy (non-hydrogen) atoms. The minimum absolute atomic E-state index is 0.377. The third-order valence-corrected chi connectivity index (χ3v) is 3.41. The van der Waals surface area contributed by atoms with E-state index in [4.69, 9.17) is 16.3 Å². The van der Waals surface area contributed by atoms with Crippen LogP contribution in [0.3, 0.4) is 0 Å². The van der Waals surface area contributed by atoms with Crippen molar-refractivity contribution in [2.75, 3.05) is 16.8 Å². The first-order chi connectivity index (χ1) is 9.12. The van der Waals surface area contributed by atoms with E-state index < -0.39 is 11.1 Å². The molecule has 0 aromatic heterocycles. The minimum Gasteiger partial charge on any atom is -0.443 e. The van der Waals surface area contributed by atoms with E-state index in [0.717, 1.165) is 5.69 Å². The van der Waals surface area contributed by atoms with Crippen LogP contribution >= 0.6 is 11.6 Å². The lowest BCUT2D eigenvalue weighted by Gasteiger charge is -2.44. The van der Waals surface area contributed by atoms with Gasteiger partial charge in [0.05, 0.1) is 21.9 Å². The average Bonchev–Trinajstić information content (AvgIpc) is 2.26. The molecule has 1 aromatic rings. The van der Waals surface area contributed by atoms with Gasteiger partial charge in [0.15, 0.2) is 0 Å². The Hall–Kier alpha value is -1.42. The number of nitrogens with zero attached hydrogens (tertiary/aromatic N) is 1. The highest BCUT2D eigenvalue weighted by molar-refractivity contribution is 6.34. The predicted molar refractivity (Wildman–Crippen MR) is 82.7 cm³/mol. The van der Waals surface area contributed by atoms with Crippen LogP contribution in [0.2, 0.25) is 5.02 Å². The highest BCUT2D eigenvalue weighted by atomic mass is 35.5. The second-order valence-electron chi connectivity index (χ2n) is 6.62. The third-order valence-electron chi connectivity index (χ3n) is 3.10. The Labute approximate surface area is 125 Å². The SMILES string of the molecule is CC(C)(C)OC(=O)N1c2c(Cl)cccc2NCC1(C)C. The summed E-state index contributed by atoms with van der Waals surface area (Å²) in [4.78, 5) is 14.2. The predicted octanol–water partition coefficient (Wildman–Crippen LogP) is 4.29. The normalized spacial score (nSPS) is 17.2. The van der Waals surface area contributed by atoms with Gasteiger partial charge in [0, 0.05) is 6.54 Å². The second kappa shape index (κ2) is 4.85. The smallest absolute Gasteiger partial charge is 0.415 e. The van der Waals surface area contributed by atoms with Gasteiger partial charge in [-0.2, -0.15) is 0 Å². The van der Waals surface area contributed by atoms with Crippen molar-refractivity contribution in [2.24, 2.45) is 0 Å². The van der Waals surface area contributed by atoms with Gasteiger partial charge in [0.25, 0.3) is 0 Å². The van der Waals surface area contributed by atoms with Crippen molar-refractivity contribution in [3.63, 3.8) is 0 Å². The Morgan fingerprint density at radius 1 is 1.40 bits per heavy atom. The van der Waals surface area contributed by atoms with Gasteiger partial charge in [-0.25, -0.2) is 4.79 Å². The molecule has 1 aromatic carbocycles. The van der Waals surface area contributed by atoms with Crippen LogP contribution < -0.4 is 10.2 Å². The summed E-state index contributed by atoms with van der Waals surface area (Å²) in [5.41, 5.74) is 0.571. The van der Waals surface area contributed by atoms with Crippen LogP contribution in [-0.2, 0) is 4.74 Å². The van der Waals surface area contributed by atoms with E-state index >= 15 is 0 Å². The molecule has 0 atom stereocenters. The van der Waals surface area contributed by atoms with Crippen molar-refractivity contribution < 1.29 is 9.53 Å².